The molecule has 2 aromatic carbocycles. The van der Waals surface area contributed by atoms with Crippen LogP contribution in [-0.2, 0) is 19.4 Å². The lowest BCUT2D eigenvalue weighted by Crippen LogP contribution is -2.25. The third-order valence-corrected chi connectivity index (χ3v) is 7.07. The number of benzene rings is 2. The van der Waals surface area contributed by atoms with Gasteiger partial charge in [0.15, 0.2) is 0 Å². The minimum atomic E-state index is 0.0978. The third-order valence-electron chi connectivity index (χ3n) is 5.89. The Morgan fingerprint density at radius 1 is 1.06 bits per heavy atom. The smallest absolute Gasteiger partial charge is 0.262 e. The van der Waals surface area contributed by atoms with E-state index in [0.29, 0.717) is 13.2 Å². The van der Waals surface area contributed by atoms with E-state index in [1.165, 1.54) is 16.9 Å². The van der Waals surface area contributed by atoms with E-state index in [0.717, 1.165) is 58.6 Å². The highest BCUT2D eigenvalue weighted by molar-refractivity contribution is 7.18. The fraction of sp³-hybridized carbons (Fsp3) is 0.308. The molecule has 1 aliphatic rings. The van der Waals surface area contributed by atoms with Crippen molar-refractivity contribution < 1.29 is 4.74 Å². The normalized spacial score (nSPS) is 13.3. The summed E-state index contributed by atoms with van der Waals surface area (Å²) in [5.41, 5.74) is 3.50. The topological polar surface area (TPSA) is 44.1 Å². The van der Waals surface area contributed by atoms with Crippen LogP contribution < -0.4 is 10.3 Å². The summed E-state index contributed by atoms with van der Waals surface area (Å²) in [7, 11) is 0. The number of hydrogen-bond donors (Lipinski definition) is 0. The van der Waals surface area contributed by atoms with Crippen molar-refractivity contribution in [2.45, 2.75) is 45.6 Å². The predicted octanol–water partition coefficient (Wildman–Crippen LogP) is 5.78. The predicted molar refractivity (Wildman–Crippen MR) is 127 cm³/mol. The van der Waals surface area contributed by atoms with Crippen LogP contribution in [0.3, 0.4) is 0 Å². The van der Waals surface area contributed by atoms with E-state index in [4.69, 9.17) is 9.72 Å². The van der Waals surface area contributed by atoms with E-state index in [1.807, 2.05) is 47.0 Å². The SMILES string of the molecule is Cc1cccc(-c2nc3sc4c(c3c(=O)n2CCCOc2ccccc2)CCCC4)c1. The van der Waals surface area contributed by atoms with Gasteiger partial charge in [-0.3, -0.25) is 9.36 Å². The van der Waals surface area contributed by atoms with Gasteiger partial charge in [-0.2, -0.15) is 0 Å². The van der Waals surface area contributed by atoms with Crippen molar-refractivity contribution in [1.82, 2.24) is 9.55 Å². The summed E-state index contributed by atoms with van der Waals surface area (Å²) in [6, 6.07) is 18.1. The summed E-state index contributed by atoms with van der Waals surface area (Å²) >= 11 is 1.71. The molecular formula is C26H26N2O2S. The van der Waals surface area contributed by atoms with E-state index in [-0.39, 0.29) is 5.56 Å². The Balaban J connectivity index is 1.52. The summed E-state index contributed by atoms with van der Waals surface area (Å²) in [5.74, 6) is 1.62. The maximum Gasteiger partial charge on any atom is 0.262 e. The number of hydrogen-bond acceptors (Lipinski definition) is 4. The number of rotatable bonds is 6. The Kier molecular flexibility index (Phi) is 5.60. The Morgan fingerprint density at radius 3 is 2.74 bits per heavy atom. The first-order chi connectivity index (χ1) is 15.2. The molecule has 2 aromatic heterocycles. The number of nitrogens with zero attached hydrogens (tertiary/aromatic N) is 2. The Morgan fingerprint density at radius 2 is 1.90 bits per heavy atom. The van der Waals surface area contributed by atoms with Gasteiger partial charge in [0.25, 0.3) is 5.56 Å². The fourth-order valence-corrected chi connectivity index (χ4v) is 5.63. The highest BCUT2D eigenvalue weighted by Crippen LogP contribution is 2.35. The molecular weight excluding hydrogens is 404 g/mol. The van der Waals surface area contributed by atoms with Crippen LogP contribution in [0, 0.1) is 6.92 Å². The number of para-hydroxylation sites is 1. The van der Waals surface area contributed by atoms with Gasteiger partial charge in [0.2, 0.25) is 0 Å². The molecule has 2 heterocycles. The molecule has 5 rings (SSSR count). The van der Waals surface area contributed by atoms with Gasteiger partial charge in [0.05, 0.1) is 12.0 Å². The monoisotopic (exact) mass is 430 g/mol. The van der Waals surface area contributed by atoms with Crippen LogP contribution in [0.25, 0.3) is 21.6 Å². The van der Waals surface area contributed by atoms with E-state index >= 15 is 0 Å². The average Bonchev–Trinajstić information content (AvgIpc) is 3.17. The van der Waals surface area contributed by atoms with Gasteiger partial charge < -0.3 is 4.74 Å². The van der Waals surface area contributed by atoms with Gasteiger partial charge in [-0.25, -0.2) is 4.98 Å². The second-order valence-electron chi connectivity index (χ2n) is 8.17. The standard InChI is InChI=1S/C26H26N2O2S/c1-18-9-7-10-19(17-18)24-27-25-23(21-13-5-6-14-22(21)31-25)26(29)28(24)15-8-16-30-20-11-3-2-4-12-20/h2-4,7,9-12,17H,5-6,8,13-16H2,1H3. The molecule has 31 heavy (non-hydrogen) atoms. The minimum Gasteiger partial charge on any atom is -0.494 e. The summed E-state index contributed by atoms with van der Waals surface area (Å²) in [6.07, 6.45) is 5.17. The zero-order chi connectivity index (χ0) is 21.2. The molecule has 4 aromatic rings. The van der Waals surface area contributed by atoms with Crippen LogP contribution in [0.4, 0.5) is 0 Å². The average molecular weight is 431 g/mol. The molecule has 0 bridgehead atoms. The van der Waals surface area contributed by atoms with Crippen LogP contribution in [0.5, 0.6) is 5.75 Å². The number of aromatic nitrogens is 2. The molecule has 0 saturated carbocycles. The largest absolute Gasteiger partial charge is 0.494 e. The van der Waals surface area contributed by atoms with Gasteiger partial charge in [-0.1, -0.05) is 42.0 Å². The first kappa shape index (κ1) is 20.0. The summed E-state index contributed by atoms with van der Waals surface area (Å²) in [4.78, 5) is 21.0. The van der Waals surface area contributed by atoms with Crippen molar-refractivity contribution in [2.24, 2.45) is 0 Å². The molecule has 0 atom stereocenters. The molecule has 0 aliphatic heterocycles. The molecule has 0 N–H and O–H groups in total. The number of thiophene rings is 1. The van der Waals surface area contributed by atoms with Crippen molar-refractivity contribution in [3.8, 4) is 17.1 Å². The van der Waals surface area contributed by atoms with Crippen LogP contribution in [-0.4, -0.2) is 16.2 Å². The summed E-state index contributed by atoms with van der Waals surface area (Å²) < 4.78 is 7.73. The van der Waals surface area contributed by atoms with Gasteiger partial charge in [-0.05, 0) is 62.8 Å². The van der Waals surface area contributed by atoms with E-state index in [9.17, 15) is 4.79 Å². The lowest BCUT2D eigenvalue weighted by molar-refractivity contribution is 0.301. The lowest BCUT2D eigenvalue weighted by Gasteiger charge is -2.15. The van der Waals surface area contributed by atoms with Crippen LogP contribution >= 0.6 is 11.3 Å². The summed E-state index contributed by atoms with van der Waals surface area (Å²) in [6.45, 7) is 3.22. The van der Waals surface area contributed by atoms with Gasteiger partial charge in [0.1, 0.15) is 16.4 Å². The van der Waals surface area contributed by atoms with Crippen molar-refractivity contribution in [1.29, 1.82) is 0 Å². The molecule has 1 aliphatic carbocycles. The van der Waals surface area contributed by atoms with Crippen molar-refractivity contribution in [3.63, 3.8) is 0 Å². The van der Waals surface area contributed by atoms with E-state index in [2.05, 4.69) is 19.1 Å². The van der Waals surface area contributed by atoms with Crippen LogP contribution in [0.1, 0.15) is 35.3 Å². The lowest BCUT2D eigenvalue weighted by atomic mass is 9.97. The van der Waals surface area contributed by atoms with Crippen LogP contribution in [0.2, 0.25) is 0 Å². The highest BCUT2D eigenvalue weighted by atomic mass is 32.1. The molecule has 0 unspecified atom stereocenters. The number of fused-ring (bicyclic) bond motifs is 3. The van der Waals surface area contributed by atoms with Crippen molar-refractivity contribution in [2.75, 3.05) is 6.61 Å². The summed E-state index contributed by atoms with van der Waals surface area (Å²) in [5, 5.41) is 0.847. The highest BCUT2D eigenvalue weighted by Gasteiger charge is 2.22. The van der Waals surface area contributed by atoms with Gasteiger partial charge in [0, 0.05) is 17.0 Å². The second-order valence-corrected chi connectivity index (χ2v) is 9.25. The zero-order valence-corrected chi connectivity index (χ0v) is 18.6. The zero-order valence-electron chi connectivity index (χ0n) is 17.8. The molecule has 158 valence electrons. The quantitative estimate of drug-likeness (QED) is 0.364. The molecule has 0 saturated heterocycles. The van der Waals surface area contributed by atoms with E-state index < -0.39 is 0 Å². The fourth-order valence-electron chi connectivity index (χ4n) is 4.38. The van der Waals surface area contributed by atoms with Crippen molar-refractivity contribution >= 4 is 21.6 Å². The van der Waals surface area contributed by atoms with Crippen molar-refractivity contribution in [3.05, 3.63) is 81.0 Å². The molecule has 0 spiro atoms. The first-order valence-electron chi connectivity index (χ1n) is 11.0. The maximum atomic E-state index is 13.7. The van der Waals surface area contributed by atoms with Gasteiger partial charge >= 0.3 is 0 Å². The van der Waals surface area contributed by atoms with Crippen LogP contribution in [0.15, 0.2) is 59.4 Å². The molecule has 0 fully saturated rings. The molecule has 0 amide bonds. The number of ether oxygens (including phenoxy) is 1. The Labute approximate surface area is 186 Å². The van der Waals surface area contributed by atoms with Gasteiger partial charge in [-0.15, -0.1) is 11.3 Å². The second kappa shape index (κ2) is 8.67. The van der Waals surface area contributed by atoms with E-state index in [1.54, 1.807) is 11.3 Å². The number of aryl methyl sites for hydroxylation is 3. The molecule has 0 radical (unpaired) electrons. The maximum absolute atomic E-state index is 13.7. The molecule has 5 heteroatoms. The Bertz CT molecular complexity index is 1270. The first-order valence-corrected chi connectivity index (χ1v) is 11.8. The minimum absolute atomic E-state index is 0.0978. The molecule has 4 nitrogen and oxygen atoms in total. The third kappa shape index (κ3) is 4.02. The Hall–Kier alpha value is -2.92.